The summed E-state index contributed by atoms with van der Waals surface area (Å²) in [6, 6.07) is 18.1. The van der Waals surface area contributed by atoms with Gasteiger partial charge in [0, 0.05) is 27.2 Å². The van der Waals surface area contributed by atoms with Gasteiger partial charge in [-0.1, -0.05) is 50.2 Å². The van der Waals surface area contributed by atoms with E-state index in [0.29, 0.717) is 0 Å². The molecular weight excluding hydrogens is 278 g/mol. The fourth-order valence-corrected chi connectivity index (χ4v) is 3.80. The van der Waals surface area contributed by atoms with Crippen molar-refractivity contribution in [3.8, 4) is 22.4 Å². The van der Waals surface area contributed by atoms with E-state index in [1.165, 1.54) is 0 Å². The molecule has 1 nitrogen and oxygen atoms in total. The number of hydrogen-bond acceptors (Lipinski definition) is 0. The van der Waals surface area contributed by atoms with Crippen LogP contribution in [0.1, 0.15) is 34.6 Å². The van der Waals surface area contributed by atoms with Crippen molar-refractivity contribution in [3.63, 3.8) is 0 Å². The Morgan fingerprint density at radius 2 is 1.70 bits per heavy atom. The largest absolute Gasteiger partial charge is 0.213 e. The molecule has 0 saturated carbocycles. The molecule has 1 unspecified atom stereocenters. The molecular formula is C22H22N+. The van der Waals surface area contributed by atoms with Crippen LogP contribution in [0.15, 0.2) is 60.8 Å². The van der Waals surface area contributed by atoms with E-state index in [0.717, 1.165) is 39.1 Å². The quantitative estimate of drug-likeness (QED) is 0.569. The van der Waals surface area contributed by atoms with E-state index in [1.807, 2.05) is 56.6 Å². The number of aryl methyl sites for hydroxylation is 2. The molecule has 0 aliphatic heterocycles. The van der Waals surface area contributed by atoms with Crippen LogP contribution in [0.3, 0.4) is 0 Å². The van der Waals surface area contributed by atoms with Gasteiger partial charge in [-0.05, 0) is 35.2 Å². The van der Waals surface area contributed by atoms with E-state index < -0.39 is 12.3 Å². The molecule has 1 heteroatoms. The van der Waals surface area contributed by atoms with Gasteiger partial charge in [-0.15, -0.1) is 0 Å². The van der Waals surface area contributed by atoms with E-state index in [2.05, 4.69) is 29.7 Å². The number of rotatable bonds is 1. The second-order valence-corrected chi connectivity index (χ2v) is 6.55. The van der Waals surface area contributed by atoms with Crippen molar-refractivity contribution in [2.45, 2.75) is 26.1 Å². The Balaban J connectivity index is 2.16. The van der Waals surface area contributed by atoms with Crippen LogP contribution in [-0.4, -0.2) is 0 Å². The number of pyridine rings is 1. The van der Waals surface area contributed by atoms with Gasteiger partial charge in [0.05, 0.1) is 5.56 Å². The summed E-state index contributed by atoms with van der Waals surface area (Å²) in [5, 5.41) is 0. The summed E-state index contributed by atoms with van der Waals surface area (Å²) >= 11 is 0. The predicted octanol–water partition coefficient (Wildman–Crippen LogP) is 4.79. The third-order valence-corrected chi connectivity index (χ3v) is 5.00. The second kappa shape index (κ2) is 4.79. The van der Waals surface area contributed by atoms with Crippen molar-refractivity contribution in [3.05, 3.63) is 77.5 Å². The fourth-order valence-electron chi connectivity index (χ4n) is 3.80. The average molecular weight is 303 g/mol. The number of hydrogen-bond donors (Lipinski definition) is 0. The second-order valence-electron chi connectivity index (χ2n) is 6.55. The van der Waals surface area contributed by atoms with Crippen LogP contribution in [0.2, 0.25) is 0 Å². The normalized spacial score (nSPS) is 21.1. The van der Waals surface area contributed by atoms with Gasteiger partial charge in [-0.2, -0.15) is 0 Å². The molecule has 0 bridgehead atoms. The lowest BCUT2D eigenvalue weighted by atomic mass is 9.81. The van der Waals surface area contributed by atoms with Gasteiger partial charge >= 0.3 is 0 Å². The monoisotopic (exact) mass is 303 g/mol. The lowest BCUT2D eigenvalue weighted by molar-refractivity contribution is -0.660. The molecule has 0 saturated heterocycles. The Bertz CT molecular complexity index is 1020. The van der Waals surface area contributed by atoms with Crippen LogP contribution in [0.25, 0.3) is 22.4 Å². The minimum absolute atomic E-state index is 0.889. The zero-order valence-electron chi connectivity index (χ0n) is 16.7. The van der Waals surface area contributed by atoms with E-state index in [-0.39, 0.29) is 0 Å². The van der Waals surface area contributed by atoms with Gasteiger partial charge in [-0.3, -0.25) is 0 Å². The summed E-state index contributed by atoms with van der Waals surface area (Å²) < 4.78 is 27.0. The van der Waals surface area contributed by atoms with Crippen molar-refractivity contribution in [1.29, 1.82) is 0 Å². The maximum Gasteiger partial charge on any atom is 0.213 e. The average Bonchev–Trinajstić information content (AvgIpc) is 2.86. The molecule has 114 valence electrons. The minimum Gasteiger partial charge on any atom is -0.201 e. The lowest BCUT2D eigenvalue weighted by Crippen LogP contribution is -2.30. The number of fused-ring (bicyclic) bond motifs is 3. The van der Waals surface area contributed by atoms with Crippen LogP contribution >= 0.6 is 0 Å². The highest BCUT2D eigenvalue weighted by molar-refractivity contribution is 5.92. The Morgan fingerprint density at radius 3 is 2.48 bits per heavy atom. The Hall–Kier alpha value is -2.41. The van der Waals surface area contributed by atoms with Crippen molar-refractivity contribution in [2.75, 3.05) is 0 Å². The highest BCUT2D eigenvalue weighted by atomic mass is 14.9. The Kier molecular flexibility index (Phi) is 2.33. The first-order chi connectivity index (χ1) is 12.3. The number of aromatic nitrogens is 1. The van der Waals surface area contributed by atoms with Gasteiger partial charge in [0.25, 0.3) is 0 Å². The summed E-state index contributed by atoms with van der Waals surface area (Å²) in [6.45, 7) is 1.82. The summed E-state index contributed by atoms with van der Waals surface area (Å²) in [5.74, 6) is 0. The van der Waals surface area contributed by atoms with Crippen LogP contribution in [0.5, 0.6) is 0 Å². The standard InChI is InChI=1S/C22H22N/c1-15-12-13-18-21(20(15)19-11-7-8-14-23(19)4)16-9-5-6-10-17(16)22(18,2)3/h5-14H,1-4H3/q+1/i2D3. The molecule has 1 aliphatic rings. The lowest BCUT2D eigenvalue weighted by Gasteiger charge is -2.21. The zero-order chi connectivity index (χ0) is 18.7. The topological polar surface area (TPSA) is 3.88 Å². The molecule has 2 aromatic carbocycles. The first kappa shape index (κ1) is 11.2. The molecule has 1 aromatic heterocycles. The molecule has 1 atom stereocenters. The van der Waals surface area contributed by atoms with E-state index in [4.69, 9.17) is 4.11 Å². The first-order valence-electron chi connectivity index (χ1n) is 9.46. The van der Waals surface area contributed by atoms with Crippen molar-refractivity contribution >= 4 is 0 Å². The van der Waals surface area contributed by atoms with Crippen LogP contribution < -0.4 is 4.57 Å². The van der Waals surface area contributed by atoms with Gasteiger partial charge in [0.2, 0.25) is 5.69 Å². The molecule has 1 heterocycles. The number of nitrogens with zero attached hydrogens (tertiary/aromatic N) is 1. The highest BCUT2D eigenvalue weighted by Crippen LogP contribution is 2.52. The summed E-state index contributed by atoms with van der Waals surface area (Å²) in [4.78, 5) is 0. The smallest absolute Gasteiger partial charge is 0.201 e. The Morgan fingerprint density at radius 1 is 0.913 bits per heavy atom. The van der Waals surface area contributed by atoms with Crippen molar-refractivity contribution < 1.29 is 8.68 Å². The SMILES string of the molecule is [2H]C([2H])([2H])C1(C)c2ccccc2-c2c1ccc(C)c2-c1cccc[n+]1C. The summed E-state index contributed by atoms with van der Waals surface area (Å²) in [7, 11) is 2.03. The van der Waals surface area contributed by atoms with Crippen molar-refractivity contribution in [2.24, 2.45) is 7.05 Å². The van der Waals surface area contributed by atoms with E-state index in [9.17, 15) is 0 Å². The fraction of sp³-hybridized carbons (Fsp3) is 0.227. The molecule has 1 aliphatic carbocycles. The highest BCUT2D eigenvalue weighted by Gasteiger charge is 2.38. The minimum atomic E-state index is -2.13. The van der Waals surface area contributed by atoms with E-state index >= 15 is 0 Å². The van der Waals surface area contributed by atoms with Crippen LogP contribution in [-0.2, 0) is 12.5 Å². The first-order valence-corrected chi connectivity index (χ1v) is 7.96. The van der Waals surface area contributed by atoms with Crippen LogP contribution in [0, 0.1) is 6.92 Å². The zero-order valence-corrected chi connectivity index (χ0v) is 13.7. The molecule has 0 N–H and O–H groups in total. The van der Waals surface area contributed by atoms with Crippen LogP contribution in [0.4, 0.5) is 0 Å². The maximum absolute atomic E-state index is 8.29. The molecule has 0 amide bonds. The summed E-state index contributed by atoms with van der Waals surface area (Å²) in [6.07, 6.45) is 2.03. The molecule has 0 spiro atoms. The number of benzene rings is 2. The molecule has 23 heavy (non-hydrogen) atoms. The third-order valence-electron chi connectivity index (χ3n) is 5.00. The third kappa shape index (κ3) is 1.89. The maximum atomic E-state index is 8.29. The molecule has 3 aromatic rings. The predicted molar refractivity (Wildman–Crippen MR) is 95.4 cm³/mol. The van der Waals surface area contributed by atoms with Gasteiger partial charge in [0.15, 0.2) is 6.20 Å². The molecule has 4 rings (SSSR count). The Labute approximate surface area is 142 Å². The van der Waals surface area contributed by atoms with Gasteiger partial charge in [-0.25, -0.2) is 4.57 Å². The molecule has 0 fully saturated rings. The van der Waals surface area contributed by atoms with Gasteiger partial charge < -0.3 is 0 Å². The molecule has 0 radical (unpaired) electrons. The summed E-state index contributed by atoms with van der Waals surface area (Å²) in [5.41, 5.74) is 6.22. The van der Waals surface area contributed by atoms with E-state index in [1.54, 1.807) is 0 Å². The van der Waals surface area contributed by atoms with Crippen molar-refractivity contribution in [1.82, 2.24) is 0 Å². The van der Waals surface area contributed by atoms with Gasteiger partial charge in [0.1, 0.15) is 7.05 Å².